The number of likely N-dealkylation sites (N-methyl/N-ethyl adjacent to an activating group) is 1. The van der Waals surface area contributed by atoms with Crippen molar-refractivity contribution in [1.82, 2.24) is 25.8 Å². The molecule has 1 aliphatic heterocycles. The molecule has 0 spiro atoms. The topological polar surface area (TPSA) is 158 Å². The molecule has 3 amide bonds. The lowest BCUT2D eigenvalue weighted by atomic mass is 9.93. The largest absolute Gasteiger partial charge is 0.361 e. The van der Waals surface area contributed by atoms with Crippen LogP contribution in [0.4, 0.5) is 0 Å². The van der Waals surface area contributed by atoms with E-state index in [0.717, 1.165) is 44.3 Å². The first-order valence-corrected chi connectivity index (χ1v) is 17.0. The van der Waals surface area contributed by atoms with Crippen molar-refractivity contribution in [2.24, 2.45) is 11.5 Å². The Hall–Kier alpha value is -4.51. The van der Waals surface area contributed by atoms with Gasteiger partial charge < -0.3 is 37.3 Å². The van der Waals surface area contributed by atoms with Gasteiger partial charge in [0.2, 0.25) is 17.7 Å². The first-order valence-electron chi connectivity index (χ1n) is 17.0. The highest BCUT2D eigenvalue weighted by Gasteiger charge is 2.34. The lowest BCUT2D eigenvalue weighted by molar-refractivity contribution is -0.142. The summed E-state index contributed by atoms with van der Waals surface area (Å²) in [7, 11) is 1.66. The highest BCUT2D eigenvalue weighted by Crippen LogP contribution is 2.29. The van der Waals surface area contributed by atoms with Gasteiger partial charge in [0.25, 0.3) is 0 Å². The first kappa shape index (κ1) is 34.8. The third kappa shape index (κ3) is 8.31. The van der Waals surface area contributed by atoms with Gasteiger partial charge in [-0.25, -0.2) is 0 Å². The second kappa shape index (κ2) is 16.5. The van der Waals surface area contributed by atoms with Crippen LogP contribution in [0.5, 0.6) is 0 Å². The third-order valence-corrected chi connectivity index (χ3v) is 9.36. The highest BCUT2D eigenvalue weighted by molar-refractivity contribution is 5.94. The number of hydrogen-bond acceptors (Lipinski definition) is 6. The Bertz CT molecular complexity index is 1720. The molecule has 10 nitrogen and oxygen atoms in total. The average molecular weight is 652 g/mol. The summed E-state index contributed by atoms with van der Waals surface area (Å²) in [5.41, 5.74) is 18.7. The van der Waals surface area contributed by atoms with Gasteiger partial charge in [-0.05, 0) is 97.6 Å². The molecule has 48 heavy (non-hydrogen) atoms. The molecule has 8 N–H and O–H groups in total. The summed E-state index contributed by atoms with van der Waals surface area (Å²) in [6.45, 7) is 3.76. The summed E-state index contributed by atoms with van der Waals surface area (Å²) >= 11 is 0. The van der Waals surface area contributed by atoms with Gasteiger partial charge >= 0.3 is 0 Å². The van der Waals surface area contributed by atoms with Crippen LogP contribution in [0.3, 0.4) is 0 Å². The van der Waals surface area contributed by atoms with Gasteiger partial charge in [-0.2, -0.15) is 0 Å². The van der Waals surface area contributed by atoms with E-state index < -0.39 is 18.1 Å². The number of nitrogens with one attached hydrogen (secondary N) is 4. The van der Waals surface area contributed by atoms with E-state index in [-0.39, 0.29) is 17.7 Å². The van der Waals surface area contributed by atoms with Crippen LogP contribution in [0.15, 0.2) is 72.9 Å². The van der Waals surface area contributed by atoms with Crippen LogP contribution < -0.4 is 27.4 Å². The number of nitrogens with zero attached hydrogens (tertiary/aromatic N) is 1. The zero-order valence-corrected chi connectivity index (χ0v) is 28.1. The molecule has 1 aliphatic rings. The molecule has 0 saturated carbocycles. The average Bonchev–Trinajstić information content (AvgIpc) is 3.51. The molecule has 2 heterocycles. The second-order valence-corrected chi connectivity index (χ2v) is 12.8. The molecule has 0 saturated heterocycles. The first-order chi connectivity index (χ1) is 23.3. The van der Waals surface area contributed by atoms with E-state index >= 15 is 0 Å². The van der Waals surface area contributed by atoms with Crippen LogP contribution in [0.1, 0.15) is 54.4 Å². The van der Waals surface area contributed by atoms with Gasteiger partial charge in [0, 0.05) is 43.7 Å². The van der Waals surface area contributed by atoms with Crippen molar-refractivity contribution in [2.75, 3.05) is 20.1 Å². The van der Waals surface area contributed by atoms with E-state index in [4.69, 9.17) is 11.5 Å². The minimum atomic E-state index is -0.830. The molecule has 0 radical (unpaired) electrons. The number of amides is 3. The monoisotopic (exact) mass is 651 g/mol. The van der Waals surface area contributed by atoms with Crippen molar-refractivity contribution < 1.29 is 14.4 Å². The molecule has 254 valence electrons. The van der Waals surface area contributed by atoms with E-state index in [1.54, 1.807) is 7.05 Å². The minimum absolute atomic E-state index is 0.262. The van der Waals surface area contributed by atoms with Crippen molar-refractivity contribution in [3.8, 4) is 11.1 Å². The zero-order chi connectivity index (χ0) is 34.0. The maximum Gasteiger partial charge on any atom is 0.245 e. The van der Waals surface area contributed by atoms with E-state index in [2.05, 4.69) is 46.1 Å². The molecule has 2 bridgehead atoms. The van der Waals surface area contributed by atoms with Gasteiger partial charge in [-0.3, -0.25) is 14.4 Å². The summed E-state index contributed by atoms with van der Waals surface area (Å²) in [6, 6.07) is 20.1. The van der Waals surface area contributed by atoms with Crippen LogP contribution >= 0.6 is 0 Å². The fourth-order valence-electron chi connectivity index (χ4n) is 6.65. The number of nitrogens with two attached hydrogens (primary N) is 2. The Labute approximate surface area is 283 Å². The van der Waals surface area contributed by atoms with E-state index in [0.29, 0.717) is 64.7 Å². The Morgan fingerprint density at radius 2 is 1.60 bits per heavy atom. The highest BCUT2D eigenvalue weighted by atomic mass is 16.2. The number of carbonyl (C=O) groups excluding carboxylic acids is 3. The van der Waals surface area contributed by atoms with E-state index in [1.165, 1.54) is 4.90 Å². The molecule has 3 unspecified atom stereocenters. The smallest absolute Gasteiger partial charge is 0.245 e. The molecule has 3 aromatic carbocycles. The summed E-state index contributed by atoms with van der Waals surface area (Å²) in [5, 5.41) is 10.7. The molecular formula is C38H49N7O3. The van der Waals surface area contributed by atoms with Gasteiger partial charge in [0.15, 0.2) is 0 Å². The molecule has 10 heteroatoms. The number of unbranched alkanes of at least 4 members (excludes halogenated alkanes) is 1. The Morgan fingerprint density at radius 3 is 2.42 bits per heavy atom. The van der Waals surface area contributed by atoms with Gasteiger partial charge in [0.05, 0.1) is 6.04 Å². The SMILES string of the molecule is Cc1cccc2c1-c1cccc(c1)CNC(CCCN)C(=O)NC(CCCCN)C(=O)N(C)C(Cc1c[nH]c3ccccc13)C(=O)NC2. The number of aromatic amines is 1. The Morgan fingerprint density at radius 1 is 0.833 bits per heavy atom. The van der Waals surface area contributed by atoms with Crippen molar-refractivity contribution >= 4 is 28.6 Å². The molecule has 0 aliphatic carbocycles. The van der Waals surface area contributed by atoms with Crippen molar-refractivity contribution in [3.05, 3.63) is 95.2 Å². The molecule has 4 aromatic rings. The van der Waals surface area contributed by atoms with Gasteiger partial charge in [0.1, 0.15) is 12.1 Å². The predicted octanol–water partition coefficient (Wildman–Crippen LogP) is 3.65. The summed E-state index contributed by atoms with van der Waals surface area (Å²) < 4.78 is 0. The molecule has 3 atom stereocenters. The van der Waals surface area contributed by atoms with Crippen molar-refractivity contribution in [1.29, 1.82) is 0 Å². The molecular weight excluding hydrogens is 602 g/mol. The fourth-order valence-corrected chi connectivity index (χ4v) is 6.65. The molecule has 5 rings (SSSR count). The normalized spacial score (nSPS) is 19.5. The number of benzene rings is 3. The number of rotatable bonds is 9. The molecule has 0 fully saturated rings. The fraction of sp³-hybridized carbons (Fsp3) is 0.395. The summed E-state index contributed by atoms with van der Waals surface area (Å²) in [4.78, 5) is 47.2. The zero-order valence-electron chi connectivity index (χ0n) is 28.1. The Kier molecular flexibility index (Phi) is 12.0. The summed E-state index contributed by atoms with van der Waals surface area (Å²) in [5.74, 6) is -0.844. The van der Waals surface area contributed by atoms with Crippen LogP contribution in [0, 0.1) is 6.92 Å². The van der Waals surface area contributed by atoms with E-state index in [1.807, 2.05) is 54.7 Å². The summed E-state index contributed by atoms with van der Waals surface area (Å²) in [6.07, 6.45) is 5.15. The number of aryl methyl sites for hydroxylation is 1. The lowest BCUT2D eigenvalue weighted by Gasteiger charge is -2.32. The second-order valence-electron chi connectivity index (χ2n) is 12.8. The third-order valence-electron chi connectivity index (χ3n) is 9.36. The lowest BCUT2D eigenvalue weighted by Crippen LogP contribution is -2.57. The number of fused-ring (bicyclic) bond motifs is 5. The van der Waals surface area contributed by atoms with Gasteiger partial charge in [-0.15, -0.1) is 0 Å². The van der Waals surface area contributed by atoms with Crippen LogP contribution in [0.2, 0.25) is 0 Å². The van der Waals surface area contributed by atoms with E-state index in [9.17, 15) is 14.4 Å². The number of hydrogen-bond donors (Lipinski definition) is 6. The standard InChI is InChI=1S/C38H49N7O3/c1-25-10-7-13-28-23-43-37(47)34(21-29-24-42-31-15-4-3-14-30(29)31)45(2)38(48)33(16-5-6-18-39)44-36(46)32(17-9-19-40)41-22-26-11-8-12-27(20-26)35(25)28/h3-4,7-8,10-15,20,24,32-34,41-42H,5-6,9,16-19,21-23,39-40H2,1-2H3,(H,43,47)(H,44,46). The van der Waals surface area contributed by atoms with Crippen molar-refractivity contribution in [3.63, 3.8) is 0 Å². The number of H-pyrrole nitrogens is 1. The van der Waals surface area contributed by atoms with Crippen LogP contribution in [-0.2, 0) is 33.9 Å². The number of carbonyl (C=O) groups is 3. The quantitative estimate of drug-likeness (QED) is 0.152. The van der Waals surface area contributed by atoms with Crippen LogP contribution in [-0.4, -0.2) is 65.9 Å². The number of aromatic nitrogens is 1. The predicted molar refractivity (Wildman–Crippen MR) is 191 cm³/mol. The van der Waals surface area contributed by atoms with Crippen LogP contribution in [0.25, 0.3) is 22.0 Å². The number of para-hydroxylation sites is 1. The maximum atomic E-state index is 14.3. The molecule has 1 aromatic heterocycles. The Balaban J connectivity index is 1.56. The van der Waals surface area contributed by atoms with Crippen molar-refractivity contribution in [2.45, 2.75) is 76.7 Å². The maximum absolute atomic E-state index is 14.3. The minimum Gasteiger partial charge on any atom is -0.361 e. The van der Waals surface area contributed by atoms with Gasteiger partial charge in [-0.1, -0.05) is 54.6 Å².